The average Bonchev–Trinajstić information content (AvgIpc) is 3.33. The number of amides is 2. The van der Waals surface area contributed by atoms with E-state index in [9.17, 15) is 70.2 Å². The molecule has 4 aromatic rings. The largest absolute Gasteiger partial charge is 0.481 e. The maximum Gasteiger partial charge on any atom is 0.307 e. The number of hydrogen-bond acceptors (Lipinski definition) is 16. The Hall–Kier alpha value is -6.04. The van der Waals surface area contributed by atoms with E-state index < -0.39 is 86.6 Å². The molecule has 70 heavy (non-hydrogen) atoms. The zero-order chi connectivity index (χ0) is 50.5. The SMILES string of the molecule is O=C(O)Cc1cccc(-c2cc(CCCC(=O)NCCNC(=O)CCCc3ccc(OC4OC(CO)C(O)C(O)C4O)c(-c4cccc(CC(=O)O)c4)c3)ccc2OC2OC(CO)C(O)C(O)C2O)c1. The van der Waals surface area contributed by atoms with Crippen LogP contribution in [0.15, 0.2) is 84.9 Å². The van der Waals surface area contributed by atoms with Gasteiger partial charge in [-0.15, -0.1) is 0 Å². The van der Waals surface area contributed by atoms with Crippen molar-refractivity contribution in [2.24, 2.45) is 0 Å². The lowest BCUT2D eigenvalue weighted by atomic mass is 9.96. The number of carboxylic acid groups (broad SMARTS) is 2. The summed E-state index contributed by atoms with van der Waals surface area (Å²) in [7, 11) is 0. The molecule has 2 heterocycles. The van der Waals surface area contributed by atoms with E-state index in [1.54, 1.807) is 84.9 Å². The number of benzene rings is 4. The van der Waals surface area contributed by atoms with E-state index in [2.05, 4.69) is 10.6 Å². The Labute approximate surface area is 402 Å². The molecule has 20 heteroatoms. The van der Waals surface area contributed by atoms with Crippen LogP contribution in [0.2, 0.25) is 0 Å². The van der Waals surface area contributed by atoms with Gasteiger partial charge in [-0.3, -0.25) is 19.2 Å². The molecule has 0 aliphatic carbocycles. The smallest absolute Gasteiger partial charge is 0.307 e. The third-order valence-electron chi connectivity index (χ3n) is 12.0. The quantitative estimate of drug-likeness (QED) is 0.0442. The van der Waals surface area contributed by atoms with Crippen molar-refractivity contribution >= 4 is 23.8 Å². The second kappa shape index (κ2) is 25.2. The summed E-state index contributed by atoms with van der Waals surface area (Å²) in [6.07, 6.45) is -13.4. The molecule has 4 aromatic carbocycles. The highest BCUT2D eigenvalue weighted by Crippen LogP contribution is 2.37. The van der Waals surface area contributed by atoms with Crippen LogP contribution in [-0.4, -0.2) is 163 Å². The molecule has 2 amide bonds. The molecule has 0 saturated carbocycles. The van der Waals surface area contributed by atoms with E-state index >= 15 is 0 Å². The van der Waals surface area contributed by atoms with E-state index in [0.717, 1.165) is 11.1 Å². The lowest BCUT2D eigenvalue weighted by Crippen LogP contribution is -2.60. The second-order valence-corrected chi connectivity index (χ2v) is 17.2. The normalized spacial score (nSPS) is 24.3. The summed E-state index contributed by atoms with van der Waals surface area (Å²) in [5.74, 6) is -2.09. The highest BCUT2D eigenvalue weighted by molar-refractivity contribution is 5.78. The van der Waals surface area contributed by atoms with Crippen molar-refractivity contribution in [1.82, 2.24) is 10.6 Å². The minimum Gasteiger partial charge on any atom is -0.481 e. The second-order valence-electron chi connectivity index (χ2n) is 17.2. The number of aliphatic hydroxyl groups excluding tert-OH is 8. The van der Waals surface area contributed by atoms with Gasteiger partial charge in [-0.05, 0) is 83.3 Å². The van der Waals surface area contributed by atoms with Crippen LogP contribution in [0.5, 0.6) is 11.5 Å². The van der Waals surface area contributed by atoms with Crippen molar-refractivity contribution in [2.75, 3.05) is 26.3 Å². The summed E-state index contributed by atoms with van der Waals surface area (Å²) in [4.78, 5) is 48.4. The van der Waals surface area contributed by atoms with Gasteiger partial charge >= 0.3 is 11.9 Å². The van der Waals surface area contributed by atoms with Gasteiger partial charge in [-0.2, -0.15) is 0 Å². The van der Waals surface area contributed by atoms with Crippen LogP contribution in [0.4, 0.5) is 0 Å². The van der Waals surface area contributed by atoms with Crippen molar-refractivity contribution in [1.29, 1.82) is 0 Å². The van der Waals surface area contributed by atoms with Crippen molar-refractivity contribution in [3.8, 4) is 33.8 Å². The van der Waals surface area contributed by atoms with E-state index in [1.807, 2.05) is 0 Å². The van der Waals surface area contributed by atoms with E-state index in [0.29, 0.717) is 59.1 Å². The molecule has 0 aromatic heterocycles. The van der Waals surface area contributed by atoms with Crippen LogP contribution in [0, 0.1) is 0 Å². The highest BCUT2D eigenvalue weighted by atomic mass is 16.7. The monoisotopic (exact) mass is 976 g/mol. The van der Waals surface area contributed by atoms with E-state index in [-0.39, 0.29) is 62.1 Å². The Morgan fingerprint density at radius 2 is 0.900 bits per heavy atom. The molecule has 2 aliphatic rings. The summed E-state index contributed by atoms with van der Waals surface area (Å²) in [6.45, 7) is -0.915. The standard InChI is InChI=1S/C50H60N2O18/c53-25-37-43(61)45(63)47(65)49(69-37)67-35-15-13-27(21-33(35)31-9-1-7-29(19-31)23-41(57)58)5-3-11-39(55)51-17-18-52-40(56)12-4-6-28-14-16-36(68-50-48(66)46(64)44(62)38(26-54)70-50)34(22-28)32-10-2-8-30(20-32)24-42(59)60/h1-2,7-10,13-16,19-22,37-38,43-50,53-54,61-66H,3-6,11-12,17-18,23-26H2,(H,51,55)(H,52,56)(H,57,58)(H,59,60). The molecular formula is C50H60N2O18. The van der Waals surface area contributed by atoms with Gasteiger partial charge in [0.25, 0.3) is 0 Å². The van der Waals surface area contributed by atoms with Gasteiger partial charge in [-0.25, -0.2) is 0 Å². The van der Waals surface area contributed by atoms with Crippen molar-refractivity contribution in [3.05, 3.63) is 107 Å². The molecule has 0 spiro atoms. The Balaban J connectivity index is 0.991. The minimum absolute atomic E-state index is 0.165. The summed E-state index contributed by atoms with van der Waals surface area (Å²) < 4.78 is 23.1. The van der Waals surface area contributed by atoms with E-state index in [4.69, 9.17) is 18.9 Å². The van der Waals surface area contributed by atoms with Crippen LogP contribution >= 0.6 is 0 Å². The summed E-state index contributed by atoms with van der Waals surface area (Å²) in [5.41, 5.74) is 4.83. The molecule has 10 unspecified atom stereocenters. The zero-order valence-electron chi connectivity index (χ0n) is 38.1. The van der Waals surface area contributed by atoms with Crippen LogP contribution in [0.1, 0.15) is 47.9 Å². The number of ether oxygens (including phenoxy) is 4. The molecule has 20 nitrogen and oxygen atoms in total. The average molecular weight is 977 g/mol. The molecule has 0 bridgehead atoms. The van der Waals surface area contributed by atoms with Crippen LogP contribution < -0.4 is 20.1 Å². The number of nitrogens with one attached hydrogen (secondary N) is 2. The van der Waals surface area contributed by atoms with Gasteiger partial charge in [0.15, 0.2) is 0 Å². The van der Waals surface area contributed by atoms with Gasteiger partial charge < -0.3 is 80.6 Å². The summed E-state index contributed by atoms with van der Waals surface area (Å²) in [6, 6.07) is 23.9. The topological polar surface area (TPSA) is 332 Å². The lowest BCUT2D eigenvalue weighted by molar-refractivity contribution is -0.277. The van der Waals surface area contributed by atoms with Gasteiger partial charge in [0, 0.05) is 37.1 Å². The first kappa shape index (κ1) is 53.3. The van der Waals surface area contributed by atoms with Gasteiger partial charge in [0.05, 0.1) is 26.1 Å². The van der Waals surface area contributed by atoms with Crippen molar-refractivity contribution in [3.63, 3.8) is 0 Å². The molecule has 2 fully saturated rings. The van der Waals surface area contributed by atoms with Crippen molar-refractivity contribution < 1.29 is 89.2 Å². The first-order chi connectivity index (χ1) is 33.5. The molecule has 378 valence electrons. The molecular weight excluding hydrogens is 917 g/mol. The fourth-order valence-corrected chi connectivity index (χ4v) is 8.24. The number of carbonyl (C=O) groups excluding carboxylic acids is 2. The molecule has 0 radical (unpaired) electrons. The number of carboxylic acids is 2. The first-order valence-electron chi connectivity index (χ1n) is 22.9. The predicted octanol–water partition coefficient (Wildman–Crippen LogP) is 0.210. The van der Waals surface area contributed by atoms with Gasteiger partial charge in [0.1, 0.15) is 60.3 Å². The molecule has 10 atom stereocenters. The lowest BCUT2D eigenvalue weighted by Gasteiger charge is -2.39. The Bertz CT molecular complexity index is 2250. The first-order valence-corrected chi connectivity index (χ1v) is 22.9. The molecule has 2 aliphatic heterocycles. The number of aryl methyl sites for hydroxylation is 2. The number of aliphatic hydroxyl groups is 8. The maximum atomic E-state index is 12.8. The fraction of sp³-hybridized carbons (Fsp3) is 0.440. The number of aliphatic carboxylic acids is 2. The van der Waals surface area contributed by atoms with Gasteiger partial charge in [0.2, 0.25) is 24.4 Å². The zero-order valence-corrected chi connectivity index (χ0v) is 38.1. The highest BCUT2D eigenvalue weighted by Gasteiger charge is 2.46. The summed E-state index contributed by atoms with van der Waals surface area (Å²) in [5, 5.41) is 106. The van der Waals surface area contributed by atoms with Crippen LogP contribution in [-0.2, 0) is 54.3 Å². The number of carbonyl (C=O) groups is 4. The third-order valence-corrected chi connectivity index (χ3v) is 12.0. The Kier molecular flexibility index (Phi) is 19.2. The Morgan fingerprint density at radius 3 is 1.27 bits per heavy atom. The number of hydrogen-bond donors (Lipinski definition) is 12. The minimum atomic E-state index is -1.66. The van der Waals surface area contributed by atoms with E-state index in [1.165, 1.54) is 0 Å². The Morgan fingerprint density at radius 1 is 0.500 bits per heavy atom. The predicted molar refractivity (Wildman–Crippen MR) is 247 cm³/mol. The molecule has 12 N–H and O–H groups in total. The van der Waals surface area contributed by atoms with Gasteiger partial charge in [-0.1, -0.05) is 60.7 Å². The summed E-state index contributed by atoms with van der Waals surface area (Å²) >= 11 is 0. The van der Waals surface area contributed by atoms with Crippen LogP contribution in [0.3, 0.4) is 0 Å². The number of rotatable bonds is 23. The fourth-order valence-electron chi connectivity index (χ4n) is 8.24. The maximum absolute atomic E-state index is 12.8. The molecule has 2 saturated heterocycles. The molecule has 6 rings (SSSR count). The third kappa shape index (κ3) is 14.3. The van der Waals surface area contributed by atoms with Crippen molar-refractivity contribution in [2.45, 2.75) is 113 Å². The van der Waals surface area contributed by atoms with Crippen LogP contribution in [0.25, 0.3) is 22.3 Å².